The van der Waals surface area contributed by atoms with Crippen LogP contribution in [0.4, 0.5) is 4.79 Å². The zero-order valence-electron chi connectivity index (χ0n) is 16.7. The van der Waals surface area contributed by atoms with Crippen molar-refractivity contribution >= 4 is 40.6 Å². The second-order valence-electron chi connectivity index (χ2n) is 6.38. The normalized spacial score (nSPS) is 15.2. The standard InChI is InChI=1S/C22H22ClNO5S/c1-3-28-19-12-16(13-20-21(25)24(10-11-27-2)22(26)30-20)6-9-18(19)29-14-15-4-7-17(23)8-5-15/h4-9,12-13H,3,10-11,14H2,1-2H3/b20-13+. The zero-order chi connectivity index (χ0) is 21.5. The average molecular weight is 448 g/mol. The van der Waals surface area contributed by atoms with E-state index in [9.17, 15) is 9.59 Å². The van der Waals surface area contributed by atoms with E-state index in [2.05, 4.69) is 0 Å². The van der Waals surface area contributed by atoms with Crippen LogP contribution in [0.15, 0.2) is 47.4 Å². The molecule has 0 bridgehead atoms. The number of imide groups is 1. The Morgan fingerprint density at radius 1 is 1.07 bits per heavy atom. The number of rotatable bonds is 9. The Balaban J connectivity index is 1.75. The first-order valence-electron chi connectivity index (χ1n) is 9.40. The highest BCUT2D eigenvalue weighted by molar-refractivity contribution is 8.18. The summed E-state index contributed by atoms with van der Waals surface area (Å²) in [7, 11) is 1.53. The van der Waals surface area contributed by atoms with Gasteiger partial charge in [0.15, 0.2) is 11.5 Å². The molecule has 30 heavy (non-hydrogen) atoms. The molecule has 2 amide bonds. The van der Waals surface area contributed by atoms with Crippen LogP contribution in [0, 0.1) is 0 Å². The van der Waals surface area contributed by atoms with Crippen LogP contribution in [-0.2, 0) is 16.1 Å². The summed E-state index contributed by atoms with van der Waals surface area (Å²) < 4.78 is 16.6. The van der Waals surface area contributed by atoms with E-state index < -0.39 is 0 Å². The third-order valence-electron chi connectivity index (χ3n) is 4.27. The van der Waals surface area contributed by atoms with Gasteiger partial charge >= 0.3 is 0 Å². The number of benzene rings is 2. The molecule has 2 aromatic carbocycles. The predicted octanol–water partition coefficient (Wildman–Crippen LogP) is 5.00. The maximum Gasteiger partial charge on any atom is 0.293 e. The minimum Gasteiger partial charge on any atom is -0.490 e. The van der Waals surface area contributed by atoms with Gasteiger partial charge in [0.05, 0.1) is 24.7 Å². The molecule has 0 aliphatic carbocycles. The van der Waals surface area contributed by atoms with Crippen molar-refractivity contribution in [2.75, 3.05) is 26.9 Å². The maximum atomic E-state index is 12.5. The second-order valence-corrected chi connectivity index (χ2v) is 7.81. The van der Waals surface area contributed by atoms with Gasteiger partial charge in [-0.15, -0.1) is 0 Å². The van der Waals surface area contributed by atoms with Gasteiger partial charge in [-0.3, -0.25) is 14.5 Å². The summed E-state index contributed by atoms with van der Waals surface area (Å²) in [6, 6.07) is 12.8. The Labute approximate surface area is 184 Å². The van der Waals surface area contributed by atoms with E-state index in [-0.39, 0.29) is 17.7 Å². The molecule has 6 nitrogen and oxygen atoms in total. The van der Waals surface area contributed by atoms with Gasteiger partial charge in [0.1, 0.15) is 6.61 Å². The van der Waals surface area contributed by atoms with Crippen LogP contribution < -0.4 is 9.47 Å². The van der Waals surface area contributed by atoms with Gasteiger partial charge in [-0.2, -0.15) is 0 Å². The largest absolute Gasteiger partial charge is 0.490 e. The third kappa shape index (κ3) is 5.56. The molecule has 1 heterocycles. The molecule has 158 valence electrons. The average Bonchev–Trinajstić information content (AvgIpc) is 3.00. The number of hydrogen-bond acceptors (Lipinski definition) is 6. The molecule has 0 radical (unpaired) electrons. The van der Waals surface area contributed by atoms with E-state index in [1.54, 1.807) is 18.2 Å². The first-order chi connectivity index (χ1) is 14.5. The minimum absolute atomic E-state index is 0.236. The Morgan fingerprint density at radius 3 is 2.53 bits per heavy atom. The molecule has 1 aliphatic heterocycles. The maximum absolute atomic E-state index is 12.5. The summed E-state index contributed by atoms with van der Waals surface area (Å²) >= 11 is 6.83. The molecule has 0 atom stereocenters. The molecule has 1 fully saturated rings. The molecular weight excluding hydrogens is 426 g/mol. The number of amides is 2. The minimum atomic E-state index is -0.317. The highest BCUT2D eigenvalue weighted by Crippen LogP contribution is 2.34. The molecule has 2 aromatic rings. The summed E-state index contributed by atoms with van der Waals surface area (Å²) in [6.07, 6.45) is 1.68. The van der Waals surface area contributed by atoms with Crippen molar-refractivity contribution in [3.8, 4) is 11.5 Å². The molecule has 8 heteroatoms. The number of ether oxygens (including phenoxy) is 3. The van der Waals surface area contributed by atoms with Crippen molar-refractivity contribution < 1.29 is 23.8 Å². The molecule has 0 N–H and O–H groups in total. The summed E-state index contributed by atoms with van der Waals surface area (Å²) in [5, 5.41) is 0.376. The Hall–Kier alpha value is -2.48. The van der Waals surface area contributed by atoms with E-state index in [1.807, 2.05) is 37.3 Å². The van der Waals surface area contributed by atoms with Gasteiger partial charge in [-0.05, 0) is 60.2 Å². The quantitative estimate of drug-likeness (QED) is 0.504. The van der Waals surface area contributed by atoms with Crippen LogP contribution >= 0.6 is 23.4 Å². The molecule has 3 rings (SSSR count). The third-order valence-corrected chi connectivity index (χ3v) is 5.42. The highest BCUT2D eigenvalue weighted by Gasteiger charge is 2.34. The predicted molar refractivity (Wildman–Crippen MR) is 118 cm³/mol. The first kappa shape index (κ1) is 22.2. The number of halogens is 1. The van der Waals surface area contributed by atoms with Crippen molar-refractivity contribution in [2.24, 2.45) is 0 Å². The number of carbonyl (C=O) groups is 2. The topological polar surface area (TPSA) is 65.1 Å². The molecular formula is C22H22ClNO5S. The number of nitrogens with zero attached hydrogens (tertiary/aromatic N) is 1. The monoisotopic (exact) mass is 447 g/mol. The van der Waals surface area contributed by atoms with Crippen molar-refractivity contribution in [1.82, 2.24) is 4.90 Å². The first-order valence-corrected chi connectivity index (χ1v) is 10.6. The van der Waals surface area contributed by atoms with Gasteiger partial charge < -0.3 is 14.2 Å². The number of carbonyl (C=O) groups excluding carboxylic acids is 2. The molecule has 0 unspecified atom stereocenters. The van der Waals surface area contributed by atoms with Crippen LogP contribution in [0.3, 0.4) is 0 Å². The number of thioether (sulfide) groups is 1. The fourth-order valence-corrected chi connectivity index (χ4v) is 3.76. The van der Waals surface area contributed by atoms with Crippen LogP contribution in [0.5, 0.6) is 11.5 Å². The van der Waals surface area contributed by atoms with Crippen molar-refractivity contribution in [1.29, 1.82) is 0 Å². The lowest BCUT2D eigenvalue weighted by molar-refractivity contribution is -0.123. The highest BCUT2D eigenvalue weighted by atomic mass is 35.5. The van der Waals surface area contributed by atoms with Gasteiger partial charge in [-0.25, -0.2) is 0 Å². The number of methoxy groups -OCH3 is 1. The molecule has 0 spiro atoms. The zero-order valence-corrected chi connectivity index (χ0v) is 18.3. The van der Waals surface area contributed by atoms with Crippen molar-refractivity contribution in [3.63, 3.8) is 0 Å². The fraction of sp³-hybridized carbons (Fsp3) is 0.273. The number of hydrogen-bond donors (Lipinski definition) is 0. The van der Waals surface area contributed by atoms with Crippen LogP contribution in [-0.4, -0.2) is 42.9 Å². The molecule has 0 aromatic heterocycles. The van der Waals surface area contributed by atoms with E-state index in [4.69, 9.17) is 25.8 Å². The Kier molecular flexibility index (Phi) is 7.79. The van der Waals surface area contributed by atoms with Crippen LogP contribution in [0.25, 0.3) is 6.08 Å². The lowest BCUT2D eigenvalue weighted by Crippen LogP contribution is -2.31. The second kappa shape index (κ2) is 10.5. The van der Waals surface area contributed by atoms with Gasteiger partial charge in [0, 0.05) is 12.1 Å². The van der Waals surface area contributed by atoms with Gasteiger partial charge in [0.25, 0.3) is 11.1 Å². The Bertz CT molecular complexity index is 945. The smallest absolute Gasteiger partial charge is 0.293 e. The Morgan fingerprint density at radius 2 is 1.83 bits per heavy atom. The van der Waals surface area contributed by atoms with Crippen LogP contribution in [0.1, 0.15) is 18.1 Å². The summed E-state index contributed by atoms with van der Waals surface area (Å²) in [5.74, 6) is 0.846. The van der Waals surface area contributed by atoms with Crippen molar-refractivity contribution in [2.45, 2.75) is 13.5 Å². The van der Waals surface area contributed by atoms with E-state index >= 15 is 0 Å². The SMILES string of the molecule is CCOc1cc(/C=C2/SC(=O)N(CCOC)C2=O)ccc1OCc1ccc(Cl)cc1. The van der Waals surface area contributed by atoms with E-state index in [0.29, 0.717) is 41.2 Å². The summed E-state index contributed by atoms with van der Waals surface area (Å²) in [4.78, 5) is 26.1. The van der Waals surface area contributed by atoms with Gasteiger partial charge in [0.2, 0.25) is 0 Å². The van der Waals surface area contributed by atoms with E-state index in [1.165, 1.54) is 12.0 Å². The van der Waals surface area contributed by atoms with Crippen molar-refractivity contribution in [3.05, 3.63) is 63.5 Å². The van der Waals surface area contributed by atoms with E-state index in [0.717, 1.165) is 22.9 Å². The van der Waals surface area contributed by atoms with Gasteiger partial charge in [-0.1, -0.05) is 29.8 Å². The molecule has 1 saturated heterocycles. The molecule has 1 aliphatic rings. The fourth-order valence-electron chi connectivity index (χ4n) is 2.77. The van der Waals surface area contributed by atoms with Crippen LogP contribution in [0.2, 0.25) is 5.02 Å². The lowest BCUT2D eigenvalue weighted by Gasteiger charge is -2.13. The molecule has 0 saturated carbocycles. The lowest BCUT2D eigenvalue weighted by atomic mass is 10.1. The summed E-state index contributed by atoms with van der Waals surface area (Å²) in [5.41, 5.74) is 1.73. The summed E-state index contributed by atoms with van der Waals surface area (Å²) in [6.45, 7) is 3.26.